The fourth-order valence-corrected chi connectivity index (χ4v) is 9.81. The van der Waals surface area contributed by atoms with Crippen molar-refractivity contribution < 1.29 is 47.7 Å². The van der Waals surface area contributed by atoms with Crippen LogP contribution in [0.4, 0.5) is 22.7 Å². The van der Waals surface area contributed by atoms with Gasteiger partial charge in [0.1, 0.15) is 0 Å². The number of benzene rings is 4. The van der Waals surface area contributed by atoms with Gasteiger partial charge in [-0.2, -0.15) is 0 Å². The van der Waals surface area contributed by atoms with E-state index in [1.807, 2.05) is 333 Å². The van der Waals surface area contributed by atoms with Gasteiger partial charge < -0.3 is 95.8 Å². The van der Waals surface area contributed by atoms with Gasteiger partial charge in [-0.15, -0.1) is 0 Å². The van der Waals surface area contributed by atoms with E-state index in [1.165, 1.54) is 0 Å². The predicted molar refractivity (Wildman–Crippen MR) is 543 cm³/mol. The summed E-state index contributed by atoms with van der Waals surface area (Å²) in [4.78, 5) is 91.0. The number of rotatable bonds is 24. The summed E-state index contributed by atoms with van der Waals surface area (Å²) >= 11 is 4.24. The van der Waals surface area contributed by atoms with Gasteiger partial charge in [-0.05, 0) is 273 Å². The molecule has 28 heteroatoms. The number of carbonyl (C=O) groups is 5. The minimum absolute atomic E-state index is 0. The molecule has 3 aromatic heterocycles. The summed E-state index contributed by atoms with van der Waals surface area (Å²) in [5.41, 5.74) is 41.0. The number of anilines is 4. The number of hydrogen-bond donors (Lipinski definition) is 6. The first kappa shape index (κ1) is 117. The van der Waals surface area contributed by atoms with Gasteiger partial charge in [-0.25, -0.2) is 19.6 Å². The molecule has 0 amide bonds. The van der Waals surface area contributed by atoms with E-state index in [4.69, 9.17) is 56.6 Å². The van der Waals surface area contributed by atoms with Gasteiger partial charge in [0.15, 0.2) is 0 Å². The number of nitrogens with two attached hydrogens (primary N) is 4. The SMILES string of the molecule is C.C=CC(=O)OCC(C)(C)COC(=O)C=C.CN(C)C.CN(C)C.CN(C)C.CN(C)C.CN(C)C.CN(C)C.CN(C)CCC(=O)OCC(C)(C)COC(=O)CCN(C)CCC(=O)OCC(C)(C)C.II.Nc1ccc(-c2c3nc(c(-c4ccc(N)cc4)c4ccc([nH]4)c(-c4ccc(N)cc4)c4nc(c(-c5ccc(N)cc5)c5ccc2[nH]5)C=C4)C=C3)cc1. The fourth-order valence-electron chi connectivity index (χ4n) is 9.81. The molecule has 9 rings (SSSR count). The average molecular weight is 1940 g/mol. The Labute approximate surface area is 766 Å². The molecule has 688 valence electrons. The van der Waals surface area contributed by atoms with Crippen molar-refractivity contribution >= 4 is 136 Å². The van der Waals surface area contributed by atoms with Crippen molar-refractivity contribution in [2.45, 2.75) is 75.2 Å². The zero-order chi connectivity index (χ0) is 94.1. The Kier molecular flexibility index (Phi) is 57.5. The highest BCUT2D eigenvalue weighted by molar-refractivity contribution is 15.0. The second-order valence-electron chi connectivity index (χ2n) is 34.9. The Morgan fingerprint density at radius 1 is 0.347 bits per heavy atom. The largest absolute Gasteiger partial charge is 0.465 e. The number of carbonyl (C=O) groups excluding carboxylic acids is 5. The molecule has 5 heterocycles. The van der Waals surface area contributed by atoms with Gasteiger partial charge in [0, 0.05) is 147 Å². The standard InChI is InChI=1S/C44H34N8.C22H42N2O6.C11H16O4.6C3H9N.CH4.I2/c45-29-9-1-25(2-10-29)41-33-17-19-35(49-33)42(26-3-11-30(46)12-4-26)37-21-23-39(51-37)44(28-7-15-32(48)16-8-28)40-24-22-38(52-40)43(36-20-18-34(41)50-36)27-5-13-31(47)14-6-27;1-21(2,3)15-28-19(26)10-13-24(8)14-11-20(27)30-17-22(4,5)16-29-18(25)9-12-23(6)7;1-5-9(12)14-7-11(3,4)8-15-10(13)6-2;6*1-4(2)3;;1-2/h1-24,49,52H,45-48H2;9-17H2,1-8H3;5-6H,1-2,7-8H2,3-4H3;6*1-3H3;1H4;. The topological polar surface area (TPSA) is 319 Å². The van der Waals surface area contributed by atoms with Gasteiger partial charge in [-0.3, -0.25) is 14.4 Å². The summed E-state index contributed by atoms with van der Waals surface area (Å²) in [5, 5.41) is 0. The Balaban J connectivity index is 0. The van der Waals surface area contributed by atoms with Crippen LogP contribution in [0.2, 0.25) is 0 Å². The van der Waals surface area contributed by atoms with Crippen molar-refractivity contribution in [3.63, 3.8) is 0 Å². The smallest absolute Gasteiger partial charge is 0.330 e. The molecular formula is C96H150I2N16O10. The summed E-state index contributed by atoms with van der Waals surface area (Å²) in [7, 11) is 41.6. The number of nitrogen functional groups attached to an aromatic ring is 4. The van der Waals surface area contributed by atoms with Gasteiger partial charge in [-0.1, -0.05) is 118 Å². The Hall–Kier alpha value is -9.35. The minimum Gasteiger partial charge on any atom is -0.465 e. The number of H-pyrrole nitrogens is 2. The molecule has 7 aromatic rings. The molecule has 0 atom stereocenters. The summed E-state index contributed by atoms with van der Waals surface area (Å²) in [5.74, 6) is -1.78. The summed E-state index contributed by atoms with van der Waals surface area (Å²) in [6.45, 7) is 22.7. The van der Waals surface area contributed by atoms with Crippen LogP contribution in [-0.4, -0.2) is 290 Å². The van der Waals surface area contributed by atoms with Crippen molar-refractivity contribution in [2.75, 3.05) is 224 Å². The molecule has 0 saturated carbocycles. The first-order valence-corrected chi connectivity index (χ1v) is 46.5. The van der Waals surface area contributed by atoms with E-state index in [9.17, 15) is 24.0 Å². The van der Waals surface area contributed by atoms with Crippen LogP contribution in [0.25, 0.3) is 90.9 Å². The van der Waals surface area contributed by atoms with Crippen LogP contribution >= 0.6 is 37.2 Å². The average Bonchev–Trinajstić information content (AvgIpc) is 1.61. The quantitative estimate of drug-likeness (QED) is 0.0108. The van der Waals surface area contributed by atoms with E-state index in [2.05, 4.69) is 109 Å². The lowest BCUT2D eigenvalue weighted by Gasteiger charge is -2.24. The summed E-state index contributed by atoms with van der Waals surface area (Å²) < 4.78 is 25.5. The summed E-state index contributed by atoms with van der Waals surface area (Å²) in [6, 6.07) is 40.0. The monoisotopic (exact) mass is 1940 g/mol. The third-order valence-corrected chi connectivity index (χ3v) is 15.2. The first-order chi connectivity index (χ1) is 57.4. The van der Waals surface area contributed by atoms with E-state index < -0.39 is 22.8 Å². The van der Waals surface area contributed by atoms with E-state index in [0.717, 1.165) is 102 Å². The van der Waals surface area contributed by atoms with Crippen molar-refractivity contribution in [3.05, 3.63) is 169 Å². The Morgan fingerprint density at radius 3 is 0.750 bits per heavy atom. The maximum absolute atomic E-state index is 12.0. The number of ether oxygens (including phenoxy) is 5. The zero-order valence-corrected chi connectivity index (χ0v) is 83.1. The third kappa shape index (κ3) is 52.4. The predicted octanol–water partition coefficient (Wildman–Crippen LogP) is 16.9. The molecule has 124 heavy (non-hydrogen) atoms. The molecule has 2 aliphatic rings. The van der Waals surface area contributed by atoms with Crippen molar-refractivity contribution in [1.82, 2.24) is 59.1 Å². The van der Waals surface area contributed by atoms with Crippen LogP contribution in [0.1, 0.15) is 97.9 Å². The van der Waals surface area contributed by atoms with Crippen LogP contribution in [0.3, 0.4) is 0 Å². The number of fused-ring (bicyclic) bond motifs is 8. The second kappa shape index (κ2) is 61.1. The molecular weight excluding hydrogens is 1790 g/mol. The van der Waals surface area contributed by atoms with Crippen molar-refractivity contribution in [3.8, 4) is 44.5 Å². The van der Waals surface area contributed by atoms with E-state index >= 15 is 0 Å². The molecule has 26 nitrogen and oxygen atoms in total. The lowest BCUT2D eigenvalue weighted by Crippen LogP contribution is -2.30. The van der Waals surface area contributed by atoms with E-state index in [-0.39, 0.29) is 70.0 Å². The number of nitrogens with zero attached hydrogens (tertiary/aromatic N) is 10. The van der Waals surface area contributed by atoms with Crippen molar-refractivity contribution in [2.24, 2.45) is 16.2 Å². The summed E-state index contributed by atoms with van der Waals surface area (Å²) in [6.07, 6.45) is 11.3. The molecule has 0 saturated heterocycles. The number of halogens is 2. The highest BCUT2D eigenvalue weighted by Gasteiger charge is 2.26. The van der Waals surface area contributed by atoms with Crippen LogP contribution in [0.5, 0.6) is 0 Å². The molecule has 0 fully saturated rings. The molecule has 0 aliphatic carbocycles. The van der Waals surface area contributed by atoms with Crippen molar-refractivity contribution in [1.29, 1.82) is 0 Å². The lowest BCUT2D eigenvalue weighted by atomic mass is 9.96. The van der Waals surface area contributed by atoms with Gasteiger partial charge in [0.2, 0.25) is 0 Å². The van der Waals surface area contributed by atoms with E-state index in [0.29, 0.717) is 55.4 Å². The number of esters is 5. The highest BCUT2D eigenvalue weighted by Crippen LogP contribution is 2.39. The zero-order valence-electron chi connectivity index (χ0n) is 78.8. The van der Waals surface area contributed by atoms with Gasteiger partial charge >= 0.3 is 29.8 Å². The van der Waals surface area contributed by atoms with Gasteiger partial charge in [0.25, 0.3) is 0 Å². The normalized spacial score (nSPS) is 11.0. The maximum Gasteiger partial charge on any atom is 0.330 e. The number of hydrogen-bond acceptors (Lipinski definition) is 24. The number of aromatic amines is 2. The van der Waals surface area contributed by atoms with Gasteiger partial charge in [0.05, 0.1) is 75.1 Å². The highest BCUT2D eigenvalue weighted by atomic mass is 128. The lowest BCUT2D eigenvalue weighted by molar-refractivity contribution is -0.153. The molecule has 8 bridgehead atoms. The third-order valence-electron chi connectivity index (χ3n) is 15.2. The second-order valence-corrected chi connectivity index (χ2v) is 34.9. The van der Waals surface area contributed by atoms with Crippen LogP contribution < -0.4 is 22.9 Å². The maximum atomic E-state index is 12.0. The fraction of sp³-hybridized carbons (Fsp3) is 0.448. The molecule has 4 aromatic carbocycles. The molecule has 0 radical (unpaired) electrons. The minimum atomic E-state index is -0.488. The molecule has 0 unspecified atom stereocenters. The van der Waals surface area contributed by atoms with E-state index in [1.54, 1.807) is 0 Å². The Morgan fingerprint density at radius 2 is 0.548 bits per heavy atom. The van der Waals surface area contributed by atoms with Crippen LogP contribution in [0.15, 0.2) is 147 Å². The first-order valence-electron chi connectivity index (χ1n) is 40.2. The molecule has 10 N–H and O–H groups in total. The Bertz CT molecular complexity index is 4070. The molecule has 0 spiro atoms. The number of aromatic nitrogens is 4. The molecule has 2 aliphatic heterocycles. The van der Waals surface area contributed by atoms with Crippen LogP contribution in [-0.2, 0) is 47.7 Å². The van der Waals surface area contributed by atoms with Crippen LogP contribution in [0, 0.1) is 16.2 Å². The number of nitrogens with one attached hydrogen (secondary N) is 2.